The first-order chi connectivity index (χ1) is 14.0. The summed E-state index contributed by atoms with van der Waals surface area (Å²) in [6, 6.07) is 15.0. The highest BCUT2D eigenvalue weighted by Gasteiger charge is 2.20. The fraction of sp³-hybridized carbons (Fsp3) is 0.391. The maximum atomic E-state index is 12.6. The molecule has 0 aromatic heterocycles. The minimum Gasteiger partial charge on any atom is -0.494 e. The van der Waals surface area contributed by atoms with Gasteiger partial charge in [0.15, 0.2) is 0 Å². The second kappa shape index (κ2) is 10.1. The van der Waals surface area contributed by atoms with Crippen LogP contribution in [0, 0.1) is 6.92 Å². The highest BCUT2D eigenvalue weighted by molar-refractivity contribution is 5.95. The fourth-order valence-corrected chi connectivity index (χ4v) is 3.17. The van der Waals surface area contributed by atoms with Crippen LogP contribution in [0.3, 0.4) is 0 Å². The second-order valence-electron chi connectivity index (χ2n) is 7.49. The van der Waals surface area contributed by atoms with Gasteiger partial charge in [0.25, 0.3) is 5.91 Å². The van der Waals surface area contributed by atoms with E-state index in [4.69, 9.17) is 4.74 Å². The van der Waals surface area contributed by atoms with E-state index in [1.54, 1.807) is 24.3 Å². The van der Waals surface area contributed by atoms with Crippen LogP contribution in [0.4, 0.5) is 5.69 Å². The van der Waals surface area contributed by atoms with Crippen molar-refractivity contribution in [2.45, 2.75) is 19.8 Å². The van der Waals surface area contributed by atoms with Gasteiger partial charge in [0.2, 0.25) is 5.91 Å². The lowest BCUT2D eigenvalue weighted by Gasteiger charge is -2.32. The number of benzene rings is 2. The summed E-state index contributed by atoms with van der Waals surface area (Å²) in [5.74, 6) is 0.802. The molecule has 154 valence electrons. The minimum atomic E-state index is -0.0596. The van der Waals surface area contributed by atoms with Crippen molar-refractivity contribution in [3.05, 3.63) is 59.7 Å². The third-order valence-electron chi connectivity index (χ3n) is 5.04. The number of hydrogen-bond donors (Lipinski definition) is 1. The normalized spacial score (nSPS) is 14.5. The van der Waals surface area contributed by atoms with Crippen LogP contribution in [0.2, 0.25) is 0 Å². The zero-order valence-electron chi connectivity index (χ0n) is 17.2. The molecule has 0 spiro atoms. The predicted molar refractivity (Wildman–Crippen MR) is 114 cm³/mol. The molecule has 2 amide bonds. The van der Waals surface area contributed by atoms with Crippen molar-refractivity contribution >= 4 is 17.5 Å². The first kappa shape index (κ1) is 20.9. The van der Waals surface area contributed by atoms with Gasteiger partial charge in [0, 0.05) is 43.9 Å². The van der Waals surface area contributed by atoms with E-state index in [0.717, 1.165) is 31.9 Å². The monoisotopic (exact) mass is 395 g/mol. The van der Waals surface area contributed by atoms with Gasteiger partial charge < -0.3 is 19.9 Å². The van der Waals surface area contributed by atoms with E-state index in [9.17, 15) is 9.59 Å². The second-order valence-corrected chi connectivity index (χ2v) is 7.49. The van der Waals surface area contributed by atoms with Gasteiger partial charge in [-0.25, -0.2) is 0 Å². The average molecular weight is 396 g/mol. The number of anilines is 1. The molecule has 1 heterocycles. The molecule has 2 aromatic carbocycles. The van der Waals surface area contributed by atoms with Crippen LogP contribution in [-0.2, 0) is 4.79 Å². The van der Waals surface area contributed by atoms with E-state index in [-0.39, 0.29) is 11.8 Å². The minimum absolute atomic E-state index is 0.0456. The van der Waals surface area contributed by atoms with Crippen LogP contribution in [0.15, 0.2) is 48.5 Å². The van der Waals surface area contributed by atoms with Crippen molar-refractivity contribution in [1.82, 2.24) is 9.80 Å². The van der Waals surface area contributed by atoms with Crippen molar-refractivity contribution in [3.8, 4) is 5.75 Å². The highest BCUT2D eigenvalue weighted by atomic mass is 16.5. The standard InChI is InChI=1S/C23H29N3O3/c1-18-5-11-21(12-6-18)29-17-3-4-22(27)24-20-9-7-19(8-10-20)23(28)26-15-13-25(2)14-16-26/h5-12H,3-4,13-17H2,1-2H3,(H,24,27). The molecule has 0 radical (unpaired) electrons. The molecule has 1 N–H and O–H groups in total. The summed E-state index contributed by atoms with van der Waals surface area (Å²) in [5, 5.41) is 2.87. The Morgan fingerprint density at radius 2 is 1.62 bits per heavy atom. The third-order valence-corrected chi connectivity index (χ3v) is 5.04. The van der Waals surface area contributed by atoms with Crippen LogP contribution in [0.25, 0.3) is 0 Å². The molecular weight excluding hydrogens is 366 g/mol. The largest absolute Gasteiger partial charge is 0.494 e. The number of nitrogens with zero attached hydrogens (tertiary/aromatic N) is 2. The van der Waals surface area contributed by atoms with E-state index < -0.39 is 0 Å². The van der Waals surface area contributed by atoms with Crippen LogP contribution in [-0.4, -0.2) is 61.4 Å². The number of carbonyl (C=O) groups is 2. The van der Waals surface area contributed by atoms with Crippen LogP contribution in [0.1, 0.15) is 28.8 Å². The molecule has 1 aliphatic heterocycles. The fourth-order valence-electron chi connectivity index (χ4n) is 3.17. The Labute approximate surface area is 172 Å². The Balaban J connectivity index is 1.40. The van der Waals surface area contributed by atoms with Gasteiger partial charge in [0.1, 0.15) is 5.75 Å². The van der Waals surface area contributed by atoms with Crippen LogP contribution in [0.5, 0.6) is 5.75 Å². The van der Waals surface area contributed by atoms with Gasteiger partial charge in [-0.05, 0) is 56.8 Å². The lowest BCUT2D eigenvalue weighted by molar-refractivity contribution is -0.116. The van der Waals surface area contributed by atoms with Crippen molar-refractivity contribution in [2.75, 3.05) is 45.2 Å². The van der Waals surface area contributed by atoms with Crippen LogP contribution >= 0.6 is 0 Å². The molecule has 1 saturated heterocycles. The van der Waals surface area contributed by atoms with Gasteiger partial charge in [-0.3, -0.25) is 9.59 Å². The SMILES string of the molecule is Cc1ccc(OCCCC(=O)Nc2ccc(C(=O)N3CCN(C)CC3)cc2)cc1. The lowest BCUT2D eigenvalue weighted by Crippen LogP contribution is -2.47. The summed E-state index contributed by atoms with van der Waals surface area (Å²) < 4.78 is 5.64. The smallest absolute Gasteiger partial charge is 0.253 e. The first-order valence-corrected chi connectivity index (χ1v) is 10.1. The summed E-state index contributed by atoms with van der Waals surface area (Å²) in [4.78, 5) is 28.8. The number of rotatable bonds is 7. The average Bonchev–Trinajstić information content (AvgIpc) is 2.73. The van der Waals surface area contributed by atoms with Crippen molar-refractivity contribution in [1.29, 1.82) is 0 Å². The van der Waals surface area contributed by atoms with E-state index in [2.05, 4.69) is 17.3 Å². The summed E-state index contributed by atoms with van der Waals surface area (Å²) in [5.41, 5.74) is 2.54. The zero-order valence-corrected chi connectivity index (χ0v) is 17.2. The van der Waals surface area contributed by atoms with Gasteiger partial charge in [-0.15, -0.1) is 0 Å². The summed E-state index contributed by atoms with van der Waals surface area (Å²) in [7, 11) is 2.06. The molecule has 0 unspecified atom stereocenters. The van der Waals surface area contributed by atoms with Gasteiger partial charge in [-0.1, -0.05) is 17.7 Å². The molecule has 29 heavy (non-hydrogen) atoms. The Kier molecular flexibility index (Phi) is 7.25. The molecule has 1 fully saturated rings. The number of nitrogens with one attached hydrogen (secondary N) is 1. The highest BCUT2D eigenvalue weighted by Crippen LogP contribution is 2.14. The van der Waals surface area contributed by atoms with Crippen molar-refractivity contribution in [3.63, 3.8) is 0 Å². The molecule has 6 heteroatoms. The first-order valence-electron chi connectivity index (χ1n) is 10.1. The number of likely N-dealkylation sites (N-methyl/N-ethyl adjacent to an activating group) is 1. The molecular formula is C23H29N3O3. The lowest BCUT2D eigenvalue weighted by atomic mass is 10.1. The van der Waals surface area contributed by atoms with Crippen LogP contribution < -0.4 is 10.1 Å². The molecule has 1 aliphatic rings. The van der Waals surface area contributed by atoms with E-state index in [1.165, 1.54) is 5.56 Å². The molecule has 0 atom stereocenters. The predicted octanol–water partition coefficient (Wildman–Crippen LogP) is 3.18. The maximum Gasteiger partial charge on any atom is 0.253 e. The quantitative estimate of drug-likeness (QED) is 0.732. The zero-order chi connectivity index (χ0) is 20.6. The summed E-state index contributed by atoms with van der Waals surface area (Å²) in [6.45, 7) is 5.82. The van der Waals surface area contributed by atoms with Gasteiger partial charge >= 0.3 is 0 Å². The molecule has 3 rings (SSSR count). The topological polar surface area (TPSA) is 61.9 Å². The Bertz CT molecular complexity index is 810. The number of hydrogen-bond acceptors (Lipinski definition) is 4. The Morgan fingerprint density at radius 1 is 0.966 bits per heavy atom. The number of ether oxygens (including phenoxy) is 1. The maximum absolute atomic E-state index is 12.6. The Morgan fingerprint density at radius 3 is 2.28 bits per heavy atom. The third kappa shape index (κ3) is 6.32. The number of carbonyl (C=O) groups excluding carboxylic acids is 2. The van der Waals surface area contributed by atoms with E-state index >= 15 is 0 Å². The summed E-state index contributed by atoms with van der Waals surface area (Å²) in [6.07, 6.45) is 1.02. The summed E-state index contributed by atoms with van der Waals surface area (Å²) >= 11 is 0. The number of aryl methyl sites for hydroxylation is 1. The number of piperazine rings is 1. The molecule has 6 nitrogen and oxygen atoms in total. The molecule has 2 aromatic rings. The van der Waals surface area contributed by atoms with Crippen molar-refractivity contribution < 1.29 is 14.3 Å². The molecule has 0 bridgehead atoms. The Hall–Kier alpha value is -2.86. The van der Waals surface area contributed by atoms with E-state index in [0.29, 0.717) is 30.7 Å². The molecule has 0 saturated carbocycles. The molecule has 0 aliphatic carbocycles. The number of amides is 2. The van der Waals surface area contributed by atoms with Gasteiger partial charge in [-0.2, -0.15) is 0 Å². The van der Waals surface area contributed by atoms with E-state index in [1.807, 2.05) is 36.1 Å². The van der Waals surface area contributed by atoms with Gasteiger partial charge in [0.05, 0.1) is 6.61 Å². The van der Waals surface area contributed by atoms with Crippen molar-refractivity contribution in [2.24, 2.45) is 0 Å².